The standard InChI is InChI=1S/C36H70O4/c1-5-9-12-14-20-24-29-34(37)36(39)33(27-22-13-10-6-2)28-23-19-17-15-16-18-21-25-30-35(38)40-31-32(8-4)26-11-7-3/h32-34,37H,5-31H2,1-4H3. The molecule has 3 unspecified atom stereocenters. The average molecular weight is 567 g/mol. The highest BCUT2D eigenvalue weighted by Gasteiger charge is 2.24. The first-order chi connectivity index (χ1) is 19.5. The Balaban J connectivity index is 4.03. The molecular weight excluding hydrogens is 496 g/mol. The second kappa shape index (κ2) is 29.6. The Hall–Kier alpha value is -0.900. The molecular formula is C36H70O4. The Morgan fingerprint density at radius 1 is 0.550 bits per heavy atom. The third kappa shape index (κ3) is 23.8. The molecule has 0 saturated carbocycles. The molecule has 4 heteroatoms. The Kier molecular flexibility index (Phi) is 28.9. The molecule has 238 valence electrons. The van der Waals surface area contributed by atoms with Gasteiger partial charge in [0.1, 0.15) is 6.10 Å². The second-order valence-electron chi connectivity index (χ2n) is 12.5. The lowest BCUT2D eigenvalue weighted by molar-refractivity contribution is -0.145. The van der Waals surface area contributed by atoms with Gasteiger partial charge in [-0.05, 0) is 38.0 Å². The summed E-state index contributed by atoms with van der Waals surface area (Å²) in [6.45, 7) is 9.43. The van der Waals surface area contributed by atoms with Crippen LogP contribution >= 0.6 is 0 Å². The number of Topliss-reactive ketones (excluding diaryl/α,β-unsaturated/α-hetero) is 1. The van der Waals surface area contributed by atoms with Crippen molar-refractivity contribution in [2.24, 2.45) is 11.8 Å². The molecule has 0 bridgehead atoms. The minimum Gasteiger partial charge on any atom is -0.465 e. The van der Waals surface area contributed by atoms with Gasteiger partial charge in [-0.25, -0.2) is 0 Å². The number of carbonyl (C=O) groups is 2. The van der Waals surface area contributed by atoms with E-state index in [9.17, 15) is 14.7 Å². The van der Waals surface area contributed by atoms with E-state index in [-0.39, 0.29) is 17.7 Å². The molecule has 0 aliphatic carbocycles. The van der Waals surface area contributed by atoms with Gasteiger partial charge in [-0.3, -0.25) is 9.59 Å². The molecule has 0 amide bonds. The van der Waals surface area contributed by atoms with E-state index in [0.717, 1.165) is 64.2 Å². The number of hydrogen-bond acceptors (Lipinski definition) is 4. The lowest BCUT2D eigenvalue weighted by atomic mass is 9.87. The third-order valence-corrected chi connectivity index (χ3v) is 8.67. The summed E-state index contributed by atoms with van der Waals surface area (Å²) in [4.78, 5) is 25.1. The molecule has 0 aliphatic rings. The number of carbonyl (C=O) groups excluding carboxylic acids is 2. The smallest absolute Gasteiger partial charge is 0.305 e. The van der Waals surface area contributed by atoms with Gasteiger partial charge in [0.15, 0.2) is 5.78 Å². The number of esters is 1. The highest BCUT2D eigenvalue weighted by Crippen LogP contribution is 2.23. The van der Waals surface area contributed by atoms with Crippen molar-refractivity contribution in [3.63, 3.8) is 0 Å². The summed E-state index contributed by atoms with van der Waals surface area (Å²) in [7, 11) is 0. The second-order valence-corrected chi connectivity index (χ2v) is 12.5. The van der Waals surface area contributed by atoms with Gasteiger partial charge in [0.05, 0.1) is 6.61 Å². The molecule has 0 fully saturated rings. The van der Waals surface area contributed by atoms with E-state index >= 15 is 0 Å². The molecule has 4 nitrogen and oxygen atoms in total. The monoisotopic (exact) mass is 567 g/mol. The summed E-state index contributed by atoms with van der Waals surface area (Å²) < 4.78 is 5.51. The maximum Gasteiger partial charge on any atom is 0.305 e. The lowest BCUT2D eigenvalue weighted by Gasteiger charge is -2.19. The van der Waals surface area contributed by atoms with E-state index in [4.69, 9.17) is 4.74 Å². The van der Waals surface area contributed by atoms with Crippen molar-refractivity contribution in [2.45, 2.75) is 201 Å². The zero-order valence-corrected chi connectivity index (χ0v) is 27.5. The summed E-state index contributed by atoms with van der Waals surface area (Å²) in [6.07, 6.45) is 28.1. The molecule has 40 heavy (non-hydrogen) atoms. The van der Waals surface area contributed by atoms with Crippen LogP contribution in [0.15, 0.2) is 0 Å². The van der Waals surface area contributed by atoms with Crippen LogP contribution in [0.1, 0.15) is 195 Å². The Labute approximate surface area is 250 Å². The topological polar surface area (TPSA) is 63.6 Å². The SMILES string of the molecule is CCCCCCCCC(O)C(=O)C(CCCCCC)CCCCCCCCCCC(=O)OCC(CC)CCCC. The van der Waals surface area contributed by atoms with Gasteiger partial charge in [-0.15, -0.1) is 0 Å². The fourth-order valence-electron chi connectivity index (χ4n) is 5.68. The van der Waals surface area contributed by atoms with E-state index in [1.54, 1.807) is 0 Å². The fraction of sp³-hybridized carbons (Fsp3) is 0.944. The van der Waals surface area contributed by atoms with Gasteiger partial charge in [-0.1, -0.05) is 156 Å². The molecule has 0 saturated heterocycles. The maximum atomic E-state index is 13.0. The summed E-state index contributed by atoms with van der Waals surface area (Å²) in [5, 5.41) is 10.6. The number of rotatable bonds is 31. The Morgan fingerprint density at radius 2 is 1.00 bits per heavy atom. The molecule has 0 aliphatic heterocycles. The predicted molar refractivity (Wildman–Crippen MR) is 172 cm³/mol. The number of aliphatic hydroxyl groups excluding tert-OH is 1. The fourth-order valence-corrected chi connectivity index (χ4v) is 5.68. The van der Waals surface area contributed by atoms with Gasteiger partial charge >= 0.3 is 5.97 Å². The van der Waals surface area contributed by atoms with Crippen LogP contribution in [0.4, 0.5) is 0 Å². The molecule has 3 atom stereocenters. The Morgan fingerprint density at radius 3 is 1.52 bits per heavy atom. The van der Waals surface area contributed by atoms with Crippen molar-refractivity contribution in [2.75, 3.05) is 6.61 Å². The van der Waals surface area contributed by atoms with Crippen molar-refractivity contribution in [3.8, 4) is 0 Å². The van der Waals surface area contributed by atoms with Crippen LogP contribution in [0, 0.1) is 11.8 Å². The minimum atomic E-state index is -0.756. The molecule has 0 spiro atoms. The summed E-state index contributed by atoms with van der Waals surface area (Å²) >= 11 is 0. The van der Waals surface area contributed by atoms with Gasteiger partial charge < -0.3 is 9.84 Å². The zero-order valence-electron chi connectivity index (χ0n) is 27.5. The summed E-state index contributed by atoms with van der Waals surface area (Å²) in [5.74, 6) is 0.667. The zero-order chi connectivity index (χ0) is 29.7. The minimum absolute atomic E-state index is 0.0224. The average Bonchev–Trinajstić information content (AvgIpc) is 2.96. The largest absolute Gasteiger partial charge is 0.465 e. The lowest BCUT2D eigenvalue weighted by Crippen LogP contribution is -2.28. The number of ketones is 1. The van der Waals surface area contributed by atoms with Crippen molar-refractivity contribution in [1.29, 1.82) is 0 Å². The Bertz CT molecular complexity index is 561. The van der Waals surface area contributed by atoms with Crippen LogP contribution in [0.25, 0.3) is 0 Å². The molecule has 0 aromatic heterocycles. The quantitative estimate of drug-likeness (QED) is 0.0669. The molecule has 0 heterocycles. The van der Waals surface area contributed by atoms with E-state index in [0.29, 0.717) is 25.4 Å². The van der Waals surface area contributed by atoms with Gasteiger partial charge in [0, 0.05) is 12.3 Å². The highest BCUT2D eigenvalue weighted by atomic mass is 16.5. The van der Waals surface area contributed by atoms with E-state index in [1.165, 1.54) is 89.9 Å². The molecule has 1 N–H and O–H groups in total. The first-order valence-corrected chi connectivity index (χ1v) is 17.9. The van der Waals surface area contributed by atoms with Crippen LogP contribution in [0.2, 0.25) is 0 Å². The van der Waals surface area contributed by atoms with Crippen molar-refractivity contribution >= 4 is 11.8 Å². The van der Waals surface area contributed by atoms with Crippen molar-refractivity contribution in [3.05, 3.63) is 0 Å². The third-order valence-electron chi connectivity index (χ3n) is 8.67. The molecule has 0 rings (SSSR count). The van der Waals surface area contributed by atoms with E-state index < -0.39 is 6.10 Å². The van der Waals surface area contributed by atoms with E-state index in [2.05, 4.69) is 27.7 Å². The van der Waals surface area contributed by atoms with Crippen LogP contribution < -0.4 is 0 Å². The number of ether oxygens (including phenoxy) is 1. The number of unbranched alkanes of at least 4 members (excludes halogenated alkanes) is 16. The number of aliphatic hydroxyl groups is 1. The normalized spacial score (nSPS) is 13.7. The first-order valence-electron chi connectivity index (χ1n) is 17.9. The van der Waals surface area contributed by atoms with Crippen LogP contribution in [-0.4, -0.2) is 29.6 Å². The van der Waals surface area contributed by atoms with Gasteiger partial charge in [-0.2, -0.15) is 0 Å². The number of hydrogen-bond donors (Lipinski definition) is 1. The molecule has 0 radical (unpaired) electrons. The van der Waals surface area contributed by atoms with Crippen LogP contribution in [-0.2, 0) is 14.3 Å². The predicted octanol–water partition coefficient (Wildman–Crippen LogP) is 10.9. The summed E-state index contributed by atoms with van der Waals surface area (Å²) in [6, 6.07) is 0. The molecule has 0 aromatic carbocycles. The van der Waals surface area contributed by atoms with E-state index in [1.807, 2.05) is 0 Å². The highest BCUT2D eigenvalue weighted by molar-refractivity contribution is 5.85. The van der Waals surface area contributed by atoms with Crippen LogP contribution in [0.3, 0.4) is 0 Å². The van der Waals surface area contributed by atoms with Gasteiger partial charge in [0.2, 0.25) is 0 Å². The van der Waals surface area contributed by atoms with Crippen LogP contribution in [0.5, 0.6) is 0 Å². The summed E-state index contributed by atoms with van der Waals surface area (Å²) in [5.41, 5.74) is 0. The van der Waals surface area contributed by atoms with Crippen molar-refractivity contribution in [1.82, 2.24) is 0 Å². The first kappa shape index (κ1) is 39.1. The molecule has 0 aromatic rings. The maximum absolute atomic E-state index is 13.0. The van der Waals surface area contributed by atoms with Crippen molar-refractivity contribution < 1.29 is 19.4 Å². The van der Waals surface area contributed by atoms with Gasteiger partial charge in [0.25, 0.3) is 0 Å².